The van der Waals surface area contributed by atoms with E-state index >= 15 is 0 Å². The first-order valence-electron chi connectivity index (χ1n) is 10.2. The van der Waals surface area contributed by atoms with Crippen molar-refractivity contribution in [2.75, 3.05) is 6.61 Å². The maximum atomic E-state index is 12.8. The number of rotatable bonds is 7. The summed E-state index contributed by atoms with van der Waals surface area (Å²) < 4.78 is 12.1. The van der Waals surface area contributed by atoms with Gasteiger partial charge in [0, 0.05) is 10.1 Å². The Hall–Kier alpha value is -3.39. The number of fused-ring (bicyclic) bond motifs is 1. The summed E-state index contributed by atoms with van der Waals surface area (Å²) in [6, 6.07) is 19.1. The Labute approximate surface area is 209 Å². The molecule has 0 aliphatic rings. The molecule has 0 aliphatic carbocycles. The highest BCUT2D eigenvalue weighted by atomic mass is 35.5. The summed E-state index contributed by atoms with van der Waals surface area (Å²) in [4.78, 5) is 25.4. The summed E-state index contributed by atoms with van der Waals surface area (Å²) >= 11 is 13.7. The quantitative estimate of drug-likeness (QED) is 0.131. The molecule has 6 nitrogen and oxygen atoms in total. The van der Waals surface area contributed by atoms with Crippen LogP contribution < -0.4 is 14.9 Å². The van der Waals surface area contributed by atoms with Crippen molar-refractivity contribution in [3.05, 3.63) is 92.8 Å². The van der Waals surface area contributed by atoms with Crippen LogP contribution in [0.15, 0.2) is 71.8 Å². The third-order valence-corrected chi connectivity index (χ3v) is 6.67. The number of carbonyl (C=O) groups is 2. The number of benzene rings is 3. The van der Waals surface area contributed by atoms with Crippen LogP contribution in [0.2, 0.25) is 10.0 Å². The first kappa shape index (κ1) is 23.8. The van der Waals surface area contributed by atoms with Gasteiger partial charge in [-0.05, 0) is 48.9 Å². The molecular formula is C25H18Cl2N2O4S. The molecular weight excluding hydrogens is 495 g/mol. The Morgan fingerprint density at radius 2 is 1.79 bits per heavy atom. The molecule has 34 heavy (non-hydrogen) atoms. The molecule has 4 aromatic rings. The minimum atomic E-state index is -0.569. The number of esters is 1. The van der Waals surface area contributed by atoms with Crippen LogP contribution in [0.25, 0.3) is 10.1 Å². The van der Waals surface area contributed by atoms with Gasteiger partial charge in [-0.15, -0.1) is 11.3 Å². The van der Waals surface area contributed by atoms with Gasteiger partial charge in [0.1, 0.15) is 4.88 Å². The van der Waals surface area contributed by atoms with E-state index in [0.717, 1.165) is 10.1 Å². The van der Waals surface area contributed by atoms with Crippen LogP contribution in [0, 0.1) is 0 Å². The van der Waals surface area contributed by atoms with Gasteiger partial charge in [-0.25, -0.2) is 10.2 Å². The molecule has 0 aliphatic heterocycles. The summed E-state index contributed by atoms with van der Waals surface area (Å²) in [5.74, 6) is -0.398. The lowest BCUT2D eigenvalue weighted by molar-refractivity contribution is 0.0733. The van der Waals surface area contributed by atoms with E-state index in [9.17, 15) is 9.59 Å². The summed E-state index contributed by atoms with van der Waals surface area (Å²) in [6.07, 6.45) is 1.45. The summed E-state index contributed by atoms with van der Waals surface area (Å²) in [5, 5.41) is 5.47. The van der Waals surface area contributed by atoms with Gasteiger partial charge in [0.2, 0.25) is 0 Å². The van der Waals surface area contributed by atoms with E-state index in [1.54, 1.807) is 42.5 Å². The van der Waals surface area contributed by atoms with E-state index in [4.69, 9.17) is 32.7 Å². The zero-order valence-electron chi connectivity index (χ0n) is 17.9. The maximum Gasteiger partial charge on any atom is 0.355 e. The molecule has 9 heteroatoms. The van der Waals surface area contributed by atoms with Gasteiger partial charge in [-0.2, -0.15) is 5.10 Å². The van der Waals surface area contributed by atoms with Crippen LogP contribution in [0.1, 0.15) is 32.5 Å². The second-order valence-electron chi connectivity index (χ2n) is 6.95. The van der Waals surface area contributed by atoms with E-state index < -0.39 is 11.9 Å². The van der Waals surface area contributed by atoms with Crippen LogP contribution in [0.3, 0.4) is 0 Å². The number of hydrogen-bond acceptors (Lipinski definition) is 6. The monoisotopic (exact) mass is 512 g/mol. The number of nitrogens with zero attached hydrogens (tertiary/aromatic N) is 1. The minimum Gasteiger partial charge on any atom is -0.490 e. The molecule has 0 atom stereocenters. The third-order valence-electron chi connectivity index (χ3n) is 4.69. The number of amides is 1. The van der Waals surface area contributed by atoms with Gasteiger partial charge < -0.3 is 9.47 Å². The lowest BCUT2D eigenvalue weighted by atomic mass is 10.2. The van der Waals surface area contributed by atoms with Crippen molar-refractivity contribution in [3.8, 4) is 11.5 Å². The van der Waals surface area contributed by atoms with Crippen molar-refractivity contribution in [2.24, 2.45) is 5.10 Å². The van der Waals surface area contributed by atoms with Crippen molar-refractivity contribution in [2.45, 2.75) is 6.92 Å². The van der Waals surface area contributed by atoms with Crippen molar-refractivity contribution < 1.29 is 19.1 Å². The van der Waals surface area contributed by atoms with E-state index in [-0.39, 0.29) is 5.75 Å². The molecule has 3 aromatic carbocycles. The van der Waals surface area contributed by atoms with Crippen molar-refractivity contribution in [1.29, 1.82) is 0 Å². The maximum absolute atomic E-state index is 12.8. The highest BCUT2D eigenvalue weighted by Crippen LogP contribution is 2.37. The Bertz CT molecular complexity index is 1400. The predicted octanol–water partition coefficient (Wildman–Crippen LogP) is 6.59. The fourth-order valence-corrected chi connectivity index (χ4v) is 4.73. The second-order valence-corrected chi connectivity index (χ2v) is 8.79. The molecule has 0 bridgehead atoms. The van der Waals surface area contributed by atoms with Gasteiger partial charge in [-0.3, -0.25) is 4.79 Å². The molecule has 1 amide bonds. The fourth-order valence-electron chi connectivity index (χ4n) is 3.12. The van der Waals surface area contributed by atoms with E-state index in [0.29, 0.717) is 38.4 Å². The number of nitrogens with one attached hydrogen (secondary N) is 1. The van der Waals surface area contributed by atoms with Crippen molar-refractivity contribution >= 4 is 62.7 Å². The second kappa shape index (κ2) is 10.7. The fraction of sp³-hybridized carbons (Fsp3) is 0.0800. The van der Waals surface area contributed by atoms with Gasteiger partial charge in [-0.1, -0.05) is 53.5 Å². The average Bonchev–Trinajstić information content (AvgIpc) is 3.18. The number of hydrazone groups is 1. The lowest BCUT2D eigenvalue weighted by Crippen LogP contribution is -2.17. The van der Waals surface area contributed by atoms with Gasteiger partial charge in [0.05, 0.1) is 28.4 Å². The van der Waals surface area contributed by atoms with E-state index in [1.165, 1.54) is 17.6 Å². The predicted molar refractivity (Wildman–Crippen MR) is 136 cm³/mol. The standard InChI is InChI=1S/C25H18Cl2N2O4S/c1-2-32-20-13-15(14-28-29-24(30)16-7-3-5-9-18(16)26)11-12-19(20)33-25(31)23-22(27)17-8-4-6-10-21(17)34-23/h3-14H,2H2,1H3,(H,29,30)/b28-14-. The number of thiophene rings is 1. The first-order valence-corrected chi connectivity index (χ1v) is 11.8. The van der Waals surface area contributed by atoms with Crippen molar-refractivity contribution in [1.82, 2.24) is 5.43 Å². The molecule has 0 fully saturated rings. The Kier molecular flexibility index (Phi) is 7.47. The molecule has 1 heterocycles. The zero-order chi connectivity index (χ0) is 24.1. The number of ether oxygens (including phenoxy) is 2. The zero-order valence-corrected chi connectivity index (χ0v) is 20.2. The van der Waals surface area contributed by atoms with E-state index in [2.05, 4.69) is 10.5 Å². The van der Waals surface area contributed by atoms with Crippen LogP contribution >= 0.6 is 34.5 Å². The lowest BCUT2D eigenvalue weighted by Gasteiger charge is -2.11. The van der Waals surface area contributed by atoms with Crippen LogP contribution in [0.5, 0.6) is 11.5 Å². The minimum absolute atomic E-state index is 0.248. The molecule has 1 N–H and O–H groups in total. The van der Waals surface area contributed by atoms with Gasteiger partial charge >= 0.3 is 5.97 Å². The molecule has 0 spiro atoms. The topological polar surface area (TPSA) is 77.0 Å². The normalized spacial score (nSPS) is 11.0. The SMILES string of the molecule is CCOc1cc(/C=N\NC(=O)c2ccccc2Cl)ccc1OC(=O)c1sc2ccccc2c1Cl. The summed E-state index contributed by atoms with van der Waals surface area (Å²) in [7, 11) is 0. The number of hydrogen-bond donors (Lipinski definition) is 1. The van der Waals surface area contributed by atoms with Gasteiger partial charge in [0.15, 0.2) is 11.5 Å². The molecule has 4 rings (SSSR count). The Morgan fingerprint density at radius 3 is 2.56 bits per heavy atom. The molecule has 0 unspecified atom stereocenters. The highest BCUT2D eigenvalue weighted by Gasteiger charge is 2.20. The largest absolute Gasteiger partial charge is 0.490 e. The Balaban J connectivity index is 1.50. The number of carbonyl (C=O) groups excluding carboxylic acids is 2. The van der Waals surface area contributed by atoms with Crippen LogP contribution in [-0.4, -0.2) is 24.7 Å². The first-order chi connectivity index (χ1) is 16.5. The molecule has 172 valence electrons. The van der Waals surface area contributed by atoms with Gasteiger partial charge in [0.25, 0.3) is 5.91 Å². The van der Waals surface area contributed by atoms with Crippen molar-refractivity contribution in [3.63, 3.8) is 0 Å². The number of halogens is 2. The molecule has 0 saturated heterocycles. The smallest absolute Gasteiger partial charge is 0.355 e. The molecule has 0 radical (unpaired) electrons. The Morgan fingerprint density at radius 1 is 1.03 bits per heavy atom. The third kappa shape index (κ3) is 5.22. The molecule has 0 saturated carbocycles. The summed E-state index contributed by atoms with van der Waals surface area (Å²) in [5.41, 5.74) is 3.38. The van der Waals surface area contributed by atoms with Crippen LogP contribution in [0.4, 0.5) is 0 Å². The van der Waals surface area contributed by atoms with E-state index in [1.807, 2.05) is 31.2 Å². The summed E-state index contributed by atoms with van der Waals surface area (Å²) in [6.45, 7) is 2.18. The highest BCUT2D eigenvalue weighted by molar-refractivity contribution is 7.21. The average molecular weight is 513 g/mol. The molecule has 1 aromatic heterocycles. The van der Waals surface area contributed by atoms with Crippen LogP contribution in [-0.2, 0) is 0 Å².